The summed E-state index contributed by atoms with van der Waals surface area (Å²) in [6, 6.07) is 12.0. The number of pyridine rings is 2. The minimum Gasteiger partial charge on any atom is -0.505 e. The molecule has 1 atom stereocenters. The average molecular weight is 580 g/mol. The second kappa shape index (κ2) is 11.7. The van der Waals surface area contributed by atoms with Crippen LogP contribution in [0, 0.1) is 0 Å². The molecule has 9 nitrogen and oxygen atoms in total. The van der Waals surface area contributed by atoms with Gasteiger partial charge in [0.2, 0.25) is 0 Å². The predicted octanol–water partition coefficient (Wildman–Crippen LogP) is 6.88. The van der Waals surface area contributed by atoms with E-state index in [9.17, 15) is 19.8 Å². The number of phenols is 1. The Labute approximate surface area is 240 Å². The van der Waals surface area contributed by atoms with Gasteiger partial charge in [-0.2, -0.15) is 0 Å². The van der Waals surface area contributed by atoms with Gasteiger partial charge in [0.1, 0.15) is 5.82 Å². The van der Waals surface area contributed by atoms with Crippen molar-refractivity contribution in [3.63, 3.8) is 0 Å². The molecule has 0 bridgehead atoms. The van der Waals surface area contributed by atoms with Crippen molar-refractivity contribution in [1.82, 2.24) is 15.3 Å². The number of rotatable bonds is 7. The van der Waals surface area contributed by atoms with Gasteiger partial charge in [-0.05, 0) is 66.9 Å². The molecule has 0 spiro atoms. The van der Waals surface area contributed by atoms with Crippen LogP contribution < -0.4 is 15.5 Å². The molecule has 4 aromatic rings. The van der Waals surface area contributed by atoms with Gasteiger partial charge in [-0.3, -0.25) is 14.7 Å². The predicted molar refractivity (Wildman–Crippen MR) is 157 cm³/mol. The first-order valence-electron chi connectivity index (χ1n) is 12.9. The molecule has 11 heteroatoms. The number of phenolic OH excluding ortho intramolecular Hbond substituents is 1. The number of carboxylic acid groups (broad SMARTS) is 1. The molecule has 1 aliphatic rings. The first kappa shape index (κ1) is 27.6. The first-order valence-corrected chi connectivity index (χ1v) is 13.6. The van der Waals surface area contributed by atoms with E-state index in [0.29, 0.717) is 45.8 Å². The summed E-state index contributed by atoms with van der Waals surface area (Å²) in [5.41, 5.74) is 3.64. The van der Waals surface area contributed by atoms with Crippen LogP contribution in [0.2, 0.25) is 10.0 Å². The summed E-state index contributed by atoms with van der Waals surface area (Å²) in [6.45, 7) is 3.22. The number of piperidine rings is 1. The normalized spacial score (nSPS) is 15.1. The quantitative estimate of drug-likeness (QED) is 0.174. The highest BCUT2D eigenvalue weighted by Crippen LogP contribution is 2.38. The lowest BCUT2D eigenvalue weighted by Crippen LogP contribution is -2.48. The lowest BCUT2D eigenvalue weighted by atomic mass is 9.99. The molecular formula is C29H27Cl2N5O4. The van der Waals surface area contributed by atoms with Crippen molar-refractivity contribution in [2.45, 2.75) is 32.2 Å². The van der Waals surface area contributed by atoms with Gasteiger partial charge in [-0.25, -0.2) is 9.78 Å². The fourth-order valence-electron chi connectivity index (χ4n) is 4.88. The zero-order chi connectivity index (χ0) is 28.4. The molecule has 4 N–H and O–H groups in total. The van der Waals surface area contributed by atoms with Crippen LogP contribution >= 0.6 is 23.2 Å². The van der Waals surface area contributed by atoms with Crippen LogP contribution in [0.25, 0.3) is 22.0 Å². The minimum atomic E-state index is -1.06. The van der Waals surface area contributed by atoms with E-state index in [4.69, 9.17) is 23.2 Å². The number of nitrogens with zero attached hydrogens (tertiary/aromatic N) is 3. The zero-order valence-electron chi connectivity index (χ0n) is 21.6. The van der Waals surface area contributed by atoms with Crippen LogP contribution in [0.4, 0.5) is 22.0 Å². The molecule has 1 fully saturated rings. The Morgan fingerprint density at radius 2 is 1.85 bits per heavy atom. The first-order chi connectivity index (χ1) is 19.3. The van der Waals surface area contributed by atoms with Crippen LogP contribution in [0.5, 0.6) is 5.75 Å². The molecule has 1 amide bonds. The number of anilines is 3. The van der Waals surface area contributed by atoms with Gasteiger partial charge in [-0.15, -0.1) is 0 Å². The van der Waals surface area contributed by atoms with E-state index >= 15 is 0 Å². The van der Waals surface area contributed by atoms with Crippen molar-refractivity contribution >= 4 is 63.2 Å². The molecule has 40 heavy (non-hydrogen) atoms. The van der Waals surface area contributed by atoms with Gasteiger partial charge in [0.15, 0.2) is 11.5 Å². The maximum atomic E-state index is 12.9. The number of hydrogen-bond donors (Lipinski definition) is 4. The largest absolute Gasteiger partial charge is 0.505 e. The number of hydrogen-bond acceptors (Lipinski definition) is 7. The third-order valence-electron chi connectivity index (χ3n) is 6.95. The summed E-state index contributed by atoms with van der Waals surface area (Å²) in [6.07, 6.45) is 3.98. The average Bonchev–Trinajstić information content (AvgIpc) is 2.96. The smallest absolute Gasteiger partial charge is 0.413 e. The standard InChI is InChI=1S/C29H27Cl2N5O4/c1-2-25(37)21-15-33-24-7-5-16(17-11-22(30)28(38)23(31)12-17)10-20(24)27(21)35-18-6-8-26(34-13-18)36(29(39)40)19-4-3-9-32-14-19/h5-8,10-13,15,19,32,38H,2-4,9,14H2,1H3,(H,33,35)(H,39,40). The fourth-order valence-corrected chi connectivity index (χ4v) is 5.37. The van der Waals surface area contributed by atoms with Gasteiger partial charge >= 0.3 is 6.09 Å². The molecule has 206 valence electrons. The lowest BCUT2D eigenvalue weighted by molar-refractivity contribution is 0.0988. The number of Topliss-reactive ketones (excluding diaryl/α,β-unsaturated/α-hetero) is 1. The van der Waals surface area contributed by atoms with Crippen LogP contribution in [-0.4, -0.2) is 51.2 Å². The van der Waals surface area contributed by atoms with Crippen LogP contribution in [0.3, 0.4) is 0 Å². The number of ketones is 1. The molecule has 5 rings (SSSR count). The van der Waals surface area contributed by atoms with E-state index in [2.05, 4.69) is 20.6 Å². The molecule has 0 saturated carbocycles. The second-order valence-corrected chi connectivity index (χ2v) is 10.3. The van der Waals surface area contributed by atoms with Crippen molar-refractivity contribution in [3.05, 3.63) is 70.5 Å². The van der Waals surface area contributed by atoms with E-state index in [-0.39, 0.29) is 34.0 Å². The third kappa shape index (κ3) is 5.54. The van der Waals surface area contributed by atoms with Gasteiger partial charge < -0.3 is 20.8 Å². The number of halogens is 2. The second-order valence-electron chi connectivity index (χ2n) is 9.53. The topological polar surface area (TPSA) is 128 Å². The fraction of sp³-hybridized carbons (Fsp3) is 0.241. The monoisotopic (exact) mass is 579 g/mol. The summed E-state index contributed by atoms with van der Waals surface area (Å²) in [7, 11) is 0. The van der Waals surface area contributed by atoms with E-state index in [0.717, 1.165) is 24.9 Å². The highest BCUT2D eigenvalue weighted by molar-refractivity contribution is 6.37. The number of carbonyl (C=O) groups is 2. The van der Waals surface area contributed by atoms with E-state index < -0.39 is 6.09 Å². The summed E-state index contributed by atoms with van der Waals surface area (Å²) >= 11 is 12.3. The number of carbonyl (C=O) groups excluding carboxylic acids is 1. The van der Waals surface area contributed by atoms with Crippen molar-refractivity contribution in [2.24, 2.45) is 0 Å². The van der Waals surface area contributed by atoms with Crippen molar-refractivity contribution in [2.75, 3.05) is 23.3 Å². The number of benzene rings is 2. The van der Waals surface area contributed by atoms with Crippen molar-refractivity contribution in [1.29, 1.82) is 0 Å². The van der Waals surface area contributed by atoms with Gasteiger partial charge in [0.25, 0.3) is 0 Å². The number of fused-ring (bicyclic) bond motifs is 1. The number of nitrogens with one attached hydrogen (secondary N) is 2. The highest BCUT2D eigenvalue weighted by Gasteiger charge is 2.27. The lowest BCUT2D eigenvalue weighted by Gasteiger charge is -2.31. The SMILES string of the molecule is CCC(=O)c1cnc2ccc(-c3cc(Cl)c(O)c(Cl)c3)cc2c1Nc1ccc(N(C(=O)O)C2CCCNC2)nc1. The Kier molecular flexibility index (Phi) is 8.07. The zero-order valence-corrected chi connectivity index (χ0v) is 23.1. The molecule has 0 radical (unpaired) electrons. The molecule has 3 heterocycles. The molecule has 2 aromatic carbocycles. The van der Waals surface area contributed by atoms with Crippen molar-refractivity contribution in [3.8, 4) is 16.9 Å². The molecule has 2 aromatic heterocycles. The molecule has 0 aliphatic carbocycles. The maximum absolute atomic E-state index is 12.9. The number of amides is 1. The van der Waals surface area contributed by atoms with Crippen LogP contribution in [0.15, 0.2) is 54.9 Å². The Morgan fingerprint density at radius 1 is 1.07 bits per heavy atom. The molecule has 1 unspecified atom stereocenters. The highest BCUT2D eigenvalue weighted by atomic mass is 35.5. The van der Waals surface area contributed by atoms with Gasteiger partial charge in [0, 0.05) is 24.5 Å². The summed E-state index contributed by atoms with van der Waals surface area (Å²) in [5.74, 6) is 0.0499. The number of aromatic hydroxyl groups is 1. The Balaban J connectivity index is 1.55. The van der Waals surface area contributed by atoms with Crippen molar-refractivity contribution < 1.29 is 19.8 Å². The Morgan fingerprint density at radius 3 is 2.48 bits per heavy atom. The van der Waals surface area contributed by atoms with E-state index in [1.54, 1.807) is 43.6 Å². The van der Waals surface area contributed by atoms with Gasteiger partial charge in [-0.1, -0.05) is 36.2 Å². The van der Waals surface area contributed by atoms with Crippen LogP contribution in [-0.2, 0) is 0 Å². The summed E-state index contributed by atoms with van der Waals surface area (Å²) in [4.78, 5) is 35.2. The Hall–Kier alpha value is -3.92. The number of aromatic nitrogens is 2. The van der Waals surface area contributed by atoms with E-state index in [1.165, 1.54) is 4.90 Å². The summed E-state index contributed by atoms with van der Waals surface area (Å²) < 4.78 is 0. The van der Waals surface area contributed by atoms with Gasteiger partial charge in [0.05, 0.1) is 44.7 Å². The maximum Gasteiger partial charge on any atom is 0.413 e. The molecule has 1 aliphatic heterocycles. The third-order valence-corrected chi connectivity index (χ3v) is 7.52. The Bertz CT molecular complexity index is 1570. The van der Waals surface area contributed by atoms with E-state index in [1.807, 2.05) is 18.2 Å². The summed E-state index contributed by atoms with van der Waals surface area (Å²) in [5, 5.41) is 27.3. The molecular weight excluding hydrogens is 553 g/mol. The minimum absolute atomic E-state index is 0.0931. The molecule has 1 saturated heterocycles. The van der Waals surface area contributed by atoms with Crippen LogP contribution in [0.1, 0.15) is 36.5 Å².